The molecule has 3 nitrogen and oxygen atoms in total. The van der Waals surface area contributed by atoms with E-state index in [-0.39, 0.29) is 11.9 Å². The molecule has 96 valence electrons. The van der Waals surface area contributed by atoms with Crippen LogP contribution in [0.4, 0.5) is 4.39 Å². The van der Waals surface area contributed by atoms with E-state index in [1.165, 1.54) is 13.2 Å². The summed E-state index contributed by atoms with van der Waals surface area (Å²) in [7, 11) is 3.04. The number of hydrogen-bond acceptors (Lipinski definition) is 3. The minimum atomic E-state index is -0.279. The minimum absolute atomic E-state index is 0.0465. The second kappa shape index (κ2) is 6.45. The van der Waals surface area contributed by atoms with Gasteiger partial charge in [0, 0.05) is 17.7 Å². The van der Waals surface area contributed by atoms with E-state index in [0.717, 1.165) is 13.0 Å². The molecule has 1 aromatic carbocycles. The third-order valence-corrected chi connectivity index (χ3v) is 2.67. The predicted octanol–water partition coefficient (Wildman–Crippen LogP) is 2.90. The molecule has 0 aliphatic rings. The summed E-state index contributed by atoms with van der Waals surface area (Å²) in [5, 5.41) is 3.24. The SMILES string of the molecule is CCCNC(C)c1cc(OC)c(OC)cc1F. The first-order valence-corrected chi connectivity index (χ1v) is 5.78. The molecule has 0 aliphatic heterocycles. The van der Waals surface area contributed by atoms with Crippen molar-refractivity contribution < 1.29 is 13.9 Å². The predicted molar refractivity (Wildman–Crippen MR) is 66.2 cm³/mol. The van der Waals surface area contributed by atoms with Crippen molar-refractivity contribution in [3.05, 3.63) is 23.5 Å². The zero-order chi connectivity index (χ0) is 12.8. The molecule has 0 fully saturated rings. The molecule has 0 amide bonds. The quantitative estimate of drug-likeness (QED) is 0.830. The van der Waals surface area contributed by atoms with Crippen molar-refractivity contribution in [1.82, 2.24) is 5.32 Å². The van der Waals surface area contributed by atoms with E-state index in [9.17, 15) is 4.39 Å². The minimum Gasteiger partial charge on any atom is -0.493 e. The van der Waals surface area contributed by atoms with Crippen molar-refractivity contribution in [3.8, 4) is 11.5 Å². The van der Waals surface area contributed by atoms with Gasteiger partial charge in [0.2, 0.25) is 0 Å². The molecule has 1 aromatic rings. The number of benzene rings is 1. The Bertz CT molecular complexity index is 369. The van der Waals surface area contributed by atoms with Crippen LogP contribution in [0.2, 0.25) is 0 Å². The first-order chi connectivity index (χ1) is 8.13. The highest BCUT2D eigenvalue weighted by Crippen LogP contribution is 2.32. The lowest BCUT2D eigenvalue weighted by Gasteiger charge is -2.17. The molecule has 0 aliphatic carbocycles. The van der Waals surface area contributed by atoms with Crippen LogP contribution in [0.5, 0.6) is 11.5 Å². The molecule has 1 unspecified atom stereocenters. The van der Waals surface area contributed by atoms with Gasteiger partial charge in [-0.15, -0.1) is 0 Å². The average Bonchev–Trinajstić information content (AvgIpc) is 2.35. The van der Waals surface area contributed by atoms with Crippen LogP contribution < -0.4 is 14.8 Å². The highest BCUT2D eigenvalue weighted by Gasteiger charge is 2.15. The Morgan fingerprint density at radius 3 is 2.35 bits per heavy atom. The number of halogens is 1. The Kier molecular flexibility index (Phi) is 5.22. The molecule has 0 radical (unpaired) electrons. The molecule has 1 atom stereocenters. The Morgan fingerprint density at radius 1 is 1.24 bits per heavy atom. The number of methoxy groups -OCH3 is 2. The van der Waals surface area contributed by atoms with E-state index < -0.39 is 0 Å². The summed E-state index contributed by atoms with van der Waals surface area (Å²) in [6, 6.07) is 2.99. The number of hydrogen-bond donors (Lipinski definition) is 1. The highest BCUT2D eigenvalue weighted by molar-refractivity contribution is 5.44. The van der Waals surface area contributed by atoms with Gasteiger partial charge in [-0.25, -0.2) is 4.39 Å². The fraction of sp³-hybridized carbons (Fsp3) is 0.538. The molecule has 0 saturated carbocycles. The molecule has 4 heteroatoms. The van der Waals surface area contributed by atoms with Crippen LogP contribution in [0.25, 0.3) is 0 Å². The Balaban J connectivity index is 2.99. The van der Waals surface area contributed by atoms with E-state index in [2.05, 4.69) is 12.2 Å². The van der Waals surface area contributed by atoms with Gasteiger partial charge in [-0.2, -0.15) is 0 Å². The molecule has 1 N–H and O–H groups in total. The number of rotatable bonds is 6. The van der Waals surface area contributed by atoms with Crippen LogP contribution in [-0.4, -0.2) is 20.8 Å². The van der Waals surface area contributed by atoms with Crippen LogP contribution in [0, 0.1) is 5.82 Å². The van der Waals surface area contributed by atoms with Gasteiger partial charge < -0.3 is 14.8 Å². The van der Waals surface area contributed by atoms with Gasteiger partial charge in [-0.05, 0) is 26.0 Å². The molecule has 0 aromatic heterocycles. The molecule has 17 heavy (non-hydrogen) atoms. The van der Waals surface area contributed by atoms with Gasteiger partial charge in [0.25, 0.3) is 0 Å². The average molecular weight is 241 g/mol. The lowest BCUT2D eigenvalue weighted by Crippen LogP contribution is -2.20. The summed E-state index contributed by atoms with van der Waals surface area (Å²) in [5.74, 6) is 0.684. The van der Waals surface area contributed by atoms with Gasteiger partial charge >= 0.3 is 0 Å². The first kappa shape index (κ1) is 13.8. The largest absolute Gasteiger partial charge is 0.493 e. The summed E-state index contributed by atoms with van der Waals surface area (Å²) < 4.78 is 24.1. The van der Waals surface area contributed by atoms with Crippen molar-refractivity contribution >= 4 is 0 Å². The maximum atomic E-state index is 13.9. The van der Waals surface area contributed by atoms with Gasteiger partial charge in [-0.1, -0.05) is 6.92 Å². The van der Waals surface area contributed by atoms with Gasteiger partial charge in [-0.3, -0.25) is 0 Å². The Hall–Kier alpha value is -1.29. The van der Waals surface area contributed by atoms with Crippen molar-refractivity contribution in [2.24, 2.45) is 0 Å². The third kappa shape index (κ3) is 3.33. The molecule has 0 heterocycles. The molecule has 0 bridgehead atoms. The zero-order valence-electron chi connectivity index (χ0n) is 10.8. The van der Waals surface area contributed by atoms with E-state index >= 15 is 0 Å². The van der Waals surface area contributed by atoms with Gasteiger partial charge in [0.05, 0.1) is 14.2 Å². The van der Waals surface area contributed by atoms with Crippen LogP contribution in [0.15, 0.2) is 12.1 Å². The second-order valence-corrected chi connectivity index (χ2v) is 3.90. The summed E-state index contributed by atoms with van der Waals surface area (Å²) in [6.07, 6.45) is 1.01. The third-order valence-electron chi connectivity index (χ3n) is 2.67. The summed E-state index contributed by atoms with van der Waals surface area (Å²) in [5.41, 5.74) is 0.594. The van der Waals surface area contributed by atoms with Crippen molar-refractivity contribution in [2.45, 2.75) is 26.3 Å². The van der Waals surface area contributed by atoms with Crippen LogP contribution in [-0.2, 0) is 0 Å². The van der Waals surface area contributed by atoms with Crippen LogP contribution in [0.1, 0.15) is 31.9 Å². The van der Waals surface area contributed by atoms with Gasteiger partial charge in [0.15, 0.2) is 11.5 Å². The Morgan fingerprint density at radius 2 is 1.82 bits per heavy atom. The van der Waals surface area contributed by atoms with Crippen LogP contribution in [0.3, 0.4) is 0 Å². The lowest BCUT2D eigenvalue weighted by atomic mass is 10.1. The number of ether oxygens (including phenoxy) is 2. The summed E-state index contributed by atoms with van der Waals surface area (Å²) in [4.78, 5) is 0. The zero-order valence-corrected chi connectivity index (χ0v) is 10.8. The maximum absolute atomic E-state index is 13.9. The number of nitrogens with one attached hydrogen (secondary N) is 1. The smallest absolute Gasteiger partial charge is 0.163 e. The van der Waals surface area contributed by atoms with E-state index in [0.29, 0.717) is 17.1 Å². The fourth-order valence-corrected chi connectivity index (χ4v) is 1.67. The van der Waals surface area contributed by atoms with Crippen molar-refractivity contribution in [3.63, 3.8) is 0 Å². The Labute approximate surface area is 102 Å². The molecular formula is C13H20FNO2. The lowest BCUT2D eigenvalue weighted by molar-refractivity contribution is 0.350. The molecule has 1 rings (SSSR count). The fourth-order valence-electron chi connectivity index (χ4n) is 1.67. The normalized spacial score (nSPS) is 12.3. The molecular weight excluding hydrogens is 221 g/mol. The second-order valence-electron chi connectivity index (χ2n) is 3.90. The van der Waals surface area contributed by atoms with Crippen molar-refractivity contribution in [2.75, 3.05) is 20.8 Å². The highest BCUT2D eigenvalue weighted by atomic mass is 19.1. The maximum Gasteiger partial charge on any atom is 0.163 e. The molecule has 0 spiro atoms. The monoisotopic (exact) mass is 241 g/mol. The van der Waals surface area contributed by atoms with Crippen LogP contribution >= 0.6 is 0 Å². The summed E-state index contributed by atoms with van der Waals surface area (Å²) in [6.45, 7) is 4.86. The van der Waals surface area contributed by atoms with E-state index in [1.807, 2.05) is 6.92 Å². The van der Waals surface area contributed by atoms with Crippen molar-refractivity contribution in [1.29, 1.82) is 0 Å². The topological polar surface area (TPSA) is 30.5 Å². The standard InChI is InChI=1S/C13H20FNO2/c1-5-6-15-9(2)10-7-12(16-3)13(17-4)8-11(10)14/h7-9,15H,5-6H2,1-4H3. The van der Waals surface area contributed by atoms with E-state index in [1.54, 1.807) is 13.2 Å². The van der Waals surface area contributed by atoms with Gasteiger partial charge in [0.1, 0.15) is 5.82 Å². The summed E-state index contributed by atoms with van der Waals surface area (Å²) >= 11 is 0. The first-order valence-electron chi connectivity index (χ1n) is 5.78. The van der Waals surface area contributed by atoms with E-state index in [4.69, 9.17) is 9.47 Å². The molecule has 0 saturated heterocycles.